The number of ketones is 1. The minimum Gasteiger partial charge on any atom is -0.454 e. The molecule has 0 saturated heterocycles. The Hall–Kier alpha value is -3.40. The molecule has 0 bridgehead atoms. The van der Waals surface area contributed by atoms with Crippen LogP contribution >= 0.6 is 11.8 Å². The Balaban J connectivity index is 1.43. The summed E-state index contributed by atoms with van der Waals surface area (Å²) in [5.74, 6) is 1.26. The van der Waals surface area contributed by atoms with Gasteiger partial charge in [0.1, 0.15) is 0 Å². The van der Waals surface area contributed by atoms with Gasteiger partial charge in [-0.1, -0.05) is 17.8 Å². The van der Waals surface area contributed by atoms with Gasteiger partial charge in [-0.25, -0.2) is 0 Å². The Kier molecular flexibility index (Phi) is 4.47. The molecule has 0 radical (unpaired) electrons. The second-order valence-electron chi connectivity index (χ2n) is 5.46. The number of hydrogen-bond donors (Lipinski definition) is 0. The number of carbonyl (C=O) groups excluding carboxylic acids is 1. The minimum absolute atomic E-state index is 0.0714. The van der Waals surface area contributed by atoms with Crippen molar-refractivity contribution in [1.82, 2.24) is 10.2 Å². The Labute approximate surface area is 156 Å². The molecule has 0 amide bonds. The number of aromatic nitrogens is 2. The second-order valence-corrected chi connectivity index (χ2v) is 6.39. The number of rotatable bonds is 6. The highest BCUT2D eigenvalue weighted by molar-refractivity contribution is 7.99. The zero-order chi connectivity index (χ0) is 18.8. The van der Waals surface area contributed by atoms with E-state index >= 15 is 0 Å². The lowest BCUT2D eigenvalue weighted by molar-refractivity contribution is -0.384. The molecule has 4 rings (SSSR count). The lowest BCUT2D eigenvalue weighted by Gasteiger charge is -2.01. The van der Waals surface area contributed by atoms with Crippen molar-refractivity contribution in [2.24, 2.45) is 0 Å². The highest BCUT2D eigenvalue weighted by atomic mass is 32.2. The van der Waals surface area contributed by atoms with Crippen LogP contribution in [0.5, 0.6) is 11.5 Å². The van der Waals surface area contributed by atoms with Crippen LogP contribution in [-0.2, 0) is 0 Å². The number of nitrogens with zero attached hydrogens (tertiary/aromatic N) is 3. The normalized spacial score (nSPS) is 12.1. The molecule has 3 aromatic rings. The average Bonchev–Trinajstić information content (AvgIpc) is 3.35. The van der Waals surface area contributed by atoms with E-state index in [0.717, 1.165) is 11.8 Å². The van der Waals surface area contributed by atoms with Crippen LogP contribution in [0.1, 0.15) is 10.4 Å². The number of nitro groups is 1. The van der Waals surface area contributed by atoms with E-state index in [1.165, 1.54) is 18.2 Å². The molecule has 0 aliphatic carbocycles. The summed E-state index contributed by atoms with van der Waals surface area (Å²) in [6.07, 6.45) is 0. The van der Waals surface area contributed by atoms with Gasteiger partial charge < -0.3 is 13.9 Å². The molecule has 0 saturated carbocycles. The van der Waals surface area contributed by atoms with Gasteiger partial charge in [0, 0.05) is 23.3 Å². The number of fused-ring (bicyclic) bond motifs is 1. The largest absolute Gasteiger partial charge is 0.454 e. The van der Waals surface area contributed by atoms with Crippen LogP contribution in [0.2, 0.25) is 0 Å². The summed E-state index contributed by atoms with van der Waals surface area (Å²) in [6.45, 7) is 0.143. The summed E-state index contributed by atoms with van der Waals surface area (Å²) < 4.78 is 16.0. The monoisotopic (exact) mass is 385 g/mol. The lowest BCUT2D eigenvalue weighted by Crippen LogP contribution is -2.02. The van der Waals surface area contributed by atoms with Gasteiger partial charge in [0.25, 0.3) is 10.9 Å². The molecule has 0 N–H and O–H groups in total. The second kappa shape index (κ2) is 7.08. The first-order valence-electron chi connectivity index (χ1n) is 7.74. The van der Waals surface area contributed by atoms with E-state index in [4.69, 9.17) is 13.9 Å². The first-order valence-corrected chi connectivity index (χ1v) is 8.73. The van der Waals surface area contributed by atoms with E-state index in [1.807, 2.05) is 0 Å². The van der Waals surface area contributed by atoms with Crippen LogP contribution in [-0.4, -0.2) is 33.4 Å². The van der Waals surface area contributed by atoms with Gasteiger partial charge in [-0.3, -0.25) is 14.9 Å². The zero-order valence-electron chi connectivity index (χ0n) is 13.7. The number of ether oxygens (including phenoxy) is 2. The summed E-state index contributed by atoms with van der Waals surface area (Å²) in [5, 5.41) is 18.8. The average molecular weight is 385 g/mol. The van der Waals surface area contributed by atoms with Gasteiger partial charge in [0.2, 0.25) is 12.7 Å². The van der Waals surface area contributed by atoms with E-state index in [2.05, 4.69) is 10.2 Å². The van der Waals surface area contributed by atoms with Crippen molar-refractivity contribution in [2.45, 2.75) is 5.22 Å². The Morgan fingerprint density at radius 3 is 2.85 bits per heavy atom. The number of non-ortho nitro benzene ring substituents is 1. The van der Waals surface area contributed by atoms with Crippen molar-refractivity contribution in [1.29, 1.82) is 0 Å². The van der Waals surface area contributed by atoms with Gasteiger partial charge >= 0.3 is 0 Å². The predicted molar refractivity (Wildman–Crippen MR) is 94.0 cm³/mol. The molecular formula is C17H11N3O6S. The van der Waals surface area contributed by atoms with Crippen LogP contribution in [0.4, 0.5) is 5.69 Å². The molecule has 10 heteroatoms. The molecule has 0 atom stereocenters. The highest BCUT2D eigenvalue weighted by Crippen LogP contribution is 2.33. The van der Waals surface area contributed by atoms with Gasteiger partial charge in [0.15, 0.2) is 17.3 Å². The van der Waals surface area contributed by atoms with E-state index in [9.17, 15) is 14.9 Å². The fourth-order valence-electron chi connectivity index (χ4n) is 2.42. The van der Waals surface area contributed by atoms with Gasteiger partial charge in [-0.15, -0.1) is 10.2 Å². The number of carbonyl (C=O) groups is 1. The quantitative estimate of drug-likeness (QED) is 0.272. The third-order valence-electron chi connectivity index (χ3n) is 3.73. The van der Waals surface area contributed by atoms with Crippen LogP contribution in [0, 0.1) is 10.1 Å². The van der Waals surface area contributed by atoms with Crippen molar-refractivity contribution in [2.75, 3.05) is 12.5 Å². The third kappa shape index (κ3) is 3.60. The van der Waals surface area contributed by atoms with Crippen molar-refractivity contribution in [3.8, 4) is 23.0 Å². The van der Waals surface area contributed by atoms with Crippen molar-refractivity contribution in [3.63, 3.8) is 0 Å². The van der Waals surface area contributed by atoms with Crippen LogP contribution in [0.25, 0.3) is 11.5 Å². The molecule has 0 unspecified atom stereocenters. The molecule has 27 heavy (non-hydrogen) atoms. The number of benzene rings is 2. The molecule has 9 nitrogen and oxygen atoms in total. The fourth-order valence-corrected chi connectivity index (χ4v) is 3.08. The van der Waals surface area contributed by atoms with E-state index in [0.29, 0.717) is 22.6 Å². The molecule has 2 heterocycles. The number of Topliss-reactive ketones (excluding diaryl/α,β-unsaturated/α-hetero) is 1. The van der Waals surface area contributed by atoms with Crippen molar-refractivity contribution >= 4 is 23.2 Å². The first kappa shape index (κ1) is 17.0. The summed E-state index contributed by atoms with van der Waals surface area (Å²) in [6, 6.07) is 10.9. The Morgan fingerprint density at radius 2 is 2.00 bits per heavy atom. The molecule has 136 valence electrons. The van der Waals surface area contributed by atoms with E-state index in [-0.39, 0.29) is 35.1 Å². The molecule has 0 fully saturated rings. The first-order chi connectivity index (χ1) is 13.1. The Bertz CT molecular complexity index is 1040. The molecule has 1 aromatic heterocycles. The minimum atomic E-state index is -0.500. The standard InChI is InChI=1S/C17H11N3O6S/c21-13(10-4-5-14-15(7-10)25-9-24-14)8-27-17-19-18-16(26-17)11-2-1-3-12(6-11)20(22)23/h1-7H,8-9H2. The summed E-state index contributed by atoms with van der Waals surface area (Å²) >= 11 is 1.09. The molecular weight excluding hydrogens is 374 g/mol. The highest BCUT2D eigenvalue weighted by Gasteiger charge is 2.18. The molecule has 0 spiro atoms. The maximum Gasteiger partial charge on any atom is 0.277 e. The molecule has 2 aromatic carbocycles. The summed E-state index contributed by atoms with van der Waals surface area (Å²) in [5.41, 5.74) is 0.855. The number of hydrogen-bond acceptors (Lipinski definition) is 9. The Morgan fingerprint density at radius 1 is 1.15 bits per heavy atom. The number of nitro benzene ring substituents is 1. The van der Waals surface area contributed by atoms with Crippen molar-refractivity contribution < 1.29 is 23.6 Å². The lowest BCUT2D eigenvalue weighted by atomic mass is 10.1. The fraction of sp³-hybridized carbons (Fsp3) is 0.118. The van der Waals surface area contributed by atoms with Crippen LogP contribution in [0.15, 0.2) is 52.1 Å². The number of thioether (sulfide) groups is 1. The van der Waals surface area contributed by atoms with E-state index < -0.39 is 4.92 Å². The summed E-state index contributed by atoms with van der Waals surface area (Å²) in [7, 11) is 0. The zero-order valence-corrected chi connectivity index (χ0v) is 14.5. The van der Waals surface area contributed by atoms with Crippen LogP contribution < -0.4 is 9.47 Å². The van der Waals surface area contributed by atoms with Crippen LogP contribution in [0.3, 0.4) is 0 Å². The predicted octanol–water partition coefficient (Wildman–Crippen LogP) is 3.35. The molecule has 1 aliphatic rings. The maximum absolute atomic E-state index is 12.3. The van der Waals surface area contributed by atoms with Gasteiger partial charge in [-0.05, 0) is 24.3 Å². The summed E-state index contributed by atoms with van der Waals surface area (Å²) in [4.78, 5) is 22.7. The van der Waals surface area contributed by atoms with Gasteiger partial charge in [-0.2, -0.15) is 0 Å². The van der Waals surface area contributed by atoms with Gasteiger partial charge in [0.05, 0.1) is 10.7 Å². The molecule has 1 aliphatic heterocycles. The SMILES string of the molecule is O=C(CSc1nnc(-c2cccc([N+](=O)[O-])c2)o1)c1ccc2c(c1)OCO2. The third-order valence-corrected chi connectivity index (χ3v) is 4.55. The maximum atomic E-state index is 12.3. The van der Waals surface area contributed by atoms with E-state index in [1.54, 1.807) is 24.3 Å². The van der Waals surface area contributed by atoms with Crippen molar-refractivity contribution in [3.05, 3.63) is 58.1 Å². The topological polar surface area (TPSA) is 118 Å². The smallest absolute Gasteiger partial charge is 0.277 e.